The number of hydrogen-bond donors (Lipinski definition) is 0. The van der Waals surface area contributed by atoms with Crippen molar-refractivity contribution in [1.29, 1.82) is 0 Å². The lowest BCUT2D eigenvalue weighted by Crippen LogP contribution is -2.24. The Morgan fingerprint density at radius 1 is 0.429 bits per heavy atom. The molecule has 0 atom stereocenters. The summed E-state index contributed by atoms with van der Waals surface area (Å²) in [7, 11) is -3.06. The normalized spacial score (nSPS) is 12.2. The van der Waals surface area contributed by atoms with Gasteiger partial charge >= 0.3 is 0 Å². The summed E-state index contributed by atoms with van der Waals surface area (Å²) in [4.78, 5) is 5.12. The fraction of sp³-hybridized carbons (Fsp3) is 0. The Morgan fingerprint density at radius 2 is 1.06 bits per heavy atom. The summed E-state index contributed by atoms with van der Waals surface area (Å²) in [6.45, 7) is 0. The molecule has 2 aromatic heterocycles. The monoisotopic (exact) mass is 644 g/mol. The van der Waals surface area contributed by atoms with Crippen molar-refractivity contribution in [2.75, 3.05) is 0 Å². The first kappa shape index (κ1) is 28.0. The van der Waals surface area contributed by atoms with E-state index in [4.69, 9.17) is 4.98 Å². The molecule has 0 radical (unpaired) electrons. The molecule has 4 heteroatoms. The largest absolute Gasteiger partial charge is 0.309 e. The number of rotatable bonds is 4. The van der Waals surface area contributed by atoms with Crippen molar-refractivity contribution in [2.24, 2.45) is 0 Å². The number of nitrogens with zero attached hydrogens (tertiary/aromatic N) is 2. The molecule has 0 aliphatic heterocycles. The molecule has 0 amide bonds. The molecule has 0 fully saturated rings. The Hall–Kier alpha value is -6.02. The number of pyridine rings is 1. The molecule has 0 aliphatic rings. The summed E-state index contributed by atoms with van der Waals surface area (Å²) in [6.07, 6.45) is 0. The van der Waals surface area contributed by atoms with Gasteiger partial charge < -0.3 is 4.57 Å². The first-order valence-corrected chi connectivity index (χ1v) is 18.3. The molecule has 10 rings (SSSR count). The van der Waals surface area contributed by atoms with Crippen LogP contribution in [0.2, 0.25) is 0 Å². The third kappa shape index (κ3) is 4.23. The maximum Gasteiger partial charge on any atom is 0.171 e. The van der Waals surface area contributed by atoms with Crippen LogP contribution in [0.25, 0.3) is 71.0 Å². The Bertz CT molecular complexity index is 2920. The number of fused-ring (bicyclic) bond motifs is 11. The predicted octanol–water partition coefficient (Wildman–Crippen LogP) is 10.4. The minimum absolute atomic E-state index is 0.839. The standard InChI is InChI=1S/C45H29N2OP/c48-49(35-12-3-1-4-13-35,36-14-5-2-6-15-36)37-24-21-32-27-31(19-20-33(32)28-37)34-23-26-42-40(29-34)44-38-16-8-7-11-30(38)22-25-39(44)45-46-41-17-9-10-18-43(41)47(42)45/h1-29H. The quantitative estimate of drug-likeness (QED) is 0.141. The second-order valence-electron chi connectivity index (χ2n) is 12.7. The minimum atomic E-state index is -3.06. The van der Waals surface area contributed by atoms with Crippen molar-refractivity contribution in [3.8, 4) is 11.1 Å². The van der Waals surface area contributed by atoms with Crippen LogP contribution in [0.4, 0.5) is 0 Å². The first-order chi connectivity index (χ1) is 24.2. The Morgan fingerprint density at radius 3 is 1.88 bits per heavy atom. The highest BCUT2D eigenvalue weighted by Gasteiger charge is 2.29. The zero-order valence-corrected chi connectivity index (χ0v) is 27.4. The molecule has 10 aromatic rings. The topological polar surface area (TPSA) is 34.4 Å². The van der Waals surface area contributed by atoms with Gasteiger partial charge in [0.05, 0.1) is 16.6 Å². The van der Waals surface area contributed by atoms with Crippen LogP contribution in [0.15, 0.2) is 176 Å². The molecule has 0 N–H and O–H groups in total. The summed E-state index contributed by atoms with van der Waals surface area (Å²) in [5.74, 6) is 0. The molecule has 3 nitrogen and oxygen atoms in total. The van der Waals surface area contributed by atoms with E-state index >= 15 is 4.57 Å². The van der Waals surface area contributed by atoms with Crippen LogP contribution < -0.4 is 15.9 Å². The molecule has 8 aromatic carbocycles. The van der Waals surface area contributed by atoms with Crippen LogP contribution in [-0.2, 0) is 4.57 Å². The van der Waals surface area contributed by atoms with Crippen molar-refractivity contribution < 1.29 is 4.57 Å². The maximum absolute atomic E-state index is 15.0. The van der Waals surface area contributed by atoms with Gasteiger partial charge in [-0.1, -0.05) is 133 Å². The second kappa shape index (κ2) is 10.8. The minimum Gasteiger partial charge on any atom is -0.309 e. The van der Waals surface area contributed by atoms with E-state index in [1.165, 1.54) is 21.5 Å². The Balaban J connectivity index is 1.17. The third-order valence-electron chi connectivity index (χ3n) is 10.00. The molecular weight excluding hydrogens is 615 g/mol. The van der Waals surface area contributed by atoms with Crippen LogP contribution in [0.3, 0.4) is 0 Å². The van der Waals surface area contributed by atoms with E-state index in [1.807, 2.05) is 66.7 Å². The van der Waals surface area contributed by atoms with E-state index in [2.05, 4.69) is 114 Å². The van der Waals surface area contributed by atoms with Gasteiger partial charge in [-0.3, -0.25) is 4.40 Å². The Kier molecular flexibility index (Phi) is 6.15. The zero-order chi connectivity index (χ0) is 32.5. The van der Waals surface area contributed by atoms with Gasteiger partial charge in [-0.2, -0.15) is 0 Å². The molecule has 230 valence electrons. The van der Waals surface area contributed by atoms with Gasteiger partial charge in [0.2, 0.25) is 0 Å². The maximum atomic E-state index is 15.0. The van der Waals surface area contributed by atoms with Gasteiger partial charge in [0, 0.05) is 32.1 Å². The van der Waals surface area contributed by atoms with Crippen molar-refractivity contribution in [1.82, 2.24) is 9.38 Å². The van der Waals surface area contributed by atoms with Crippen LogP contribution in [0, 0.1) is 0 Å². The lowest BCUT2D eigenvalue weighted by molar-refractivity contribution is 0.592. The van der Waals surface area contributed by atoms with E-state index in [1.54, 1.807) is 0 Å². The number of para-hydroxylation sites is 2. The fourth-order valence-corrected chi connectivity index (χ4v) is 10.3. The van der Waals surface area contributed by atoms with Gasteiger partial charge in [0.1, 0.15) is 5.65 Å². The van der Waals surface area contributed by atoms with E-state index in [0.29, 0.717) is 0 Å². The molecule has 0 bridgehead atoms. The lowest BCUT2D eigenvalue weighted by atomic mass is 9.95. The number of aromatic nitrogens is 2. The van der Waals surface area contributed by atoms with Crippen molar-refractivity contribution >= 4 is 83.0 Å². The van der Waals surface area contributed by atoms with Crippen LogP contribution in [-0.4, -0.2) is 9.38 Å². The average Bonchev–Trinajstić information content (AvgIpc) is 3.57. The predicted molar refractivity (Wildman–Crippen MR) is 208 cm³/mol. The third-order valence-corrected chi connectivity index (χ3v) is 13.1. The van der Waals surface area contributed by atoms with Gasteiger partial charge in [-0.15, -0.1) is 0 Å². The molecule has 0 saturated heterocycles. The van der Waals surface area contributed by atoms with E-state index < -0.39 is 7.14 Å². The fourth-order valence-electron chi connectivity index (χ4n) is 7.64. The molecule has 0 saturated carbocycles. The zero-order valence-electron chi connectivity index (χ0n) is 26.5. The number of hydrogen-bond acceptors (Lipinski definition) is 2. The van der Waals surface area contributed by atoms with Gasteiger partial charge in [0.15, 0.2) is 7.14 Å². The first-order valence-electron chi connectivity index (χ1n) is 16.6. The summed E-state index contributed by atoms with van der Waals surface area (Å²) in [5, 5.41) is 10.7. The molecule has 2 heterocycles. The molecule has 0 unspecified atom stereocenters. The SMILES string of the molecule is O=P(c1ccccc1)(c1ccccc1)c1ccc2cc(-c3ccc4c(c3)c3c5ccccc5ccc3c3nc5ccccc5n43)ccc2c1. The van der Waals surface area contributed by atoms with Gasteiger partial charge in [-0.25, -0.2) is 4.98 Å². The highest BCUT2D eigenvalue weighted by molar-refractivity contribution is 7.85. The summed E-state index contributed by atoms with van der Waals surface area (Å²) in [5.41, 5.74) is 6.50. The van der Waals surface area contributed by atoms with Crippen LogP contribution in [0.1, 0.15) is 0 Å². The second-order valence-corrected chi connectivity index (χ2v) is 15.5. The van der Waals surface area contributed by atoms with E-state index in [9.17, 15) is 0 Å². The molecule has 0 aliphatic carbocycles. The summed E-state index contributed by atoms with van der Waals surface area (Å²) >= 11 is 0. The van der Waals surface area contributed by atoms with E-state index in [-0.39, 0.29) is 0 Å². The van der Waals surface area contributed by atoms with Crippen LogP contribution >= 0.6 is 7.14 Å². The van der Waals surface area contributed by atoms with Crippen molar-refractivity contribution in [3.05, 3.63) is 176 Å². The molecule has 0 spiro atoms. The van der Waals surface area contributed by atoms with Crippen molar-refractivity contribution in [2.45, 2.75) is 0 Å². The average molecular weight is 645 g/mol. The van der Waals surface area contributed by atoms with E-state index in [0.717, 1.165) is 65.4 Å². The smallest absolute Gasteiger partial charge is 0.171 e. The number of imidazole rings is 1. The van der Waals surface area contributed by atoms with Gasteiger partial charge in [-0.05, 0) is 75.1 Å². The molecule has 49 heavy (non-hydrogen) atoms. The molecular formula is C45H29N2OP. The summed E-state index contributed by atoms with van der Waals surface area (Å²) < 4.78 is 17.3. The number of benzene rings is 8. The van der Waals surface area contributed by atoms with Gasteiger partial charge in [0.25, 0.3) is 0 Å². The Labute approximate surface area is 283 Å². The highest BCUT2D eigenvalue weighted by atomic mass is 31.2. The lowest BCUT2D eigenvalue weighted by Gasteiger charge is -2.20. The van der Waals surface area contributed by atoms with Crippen LogP contribution in [0.5, 0.6) is 0 Å². The highest BCUT2D eigenvalue weighted by Crippen LogP contribution is 2.43. The summed E-state index contributed by atoms with van der Waals surface area (Å²) in [6, 6.07) is 60.9. The van der Waals surface area contributed by atoms with Crippen molar-refractivity contribution in [3.63, 3.8) is 0 Å².